The Morgan fingerprint density at radius 1 is 1.17 bits per heavy atom. The number of hydrogen-bond acceptors (Lipinski definition) is 3. The number of rotatable bonds is 5. The molecular weight excluding hydrogens is 415 g/mol. The zero-order valence-electron chi connectivity index (χ0n) is 14.3. The minimum atomic E-state index is -0.0866. The highest BCUT2D eigenvalue weighted by Crippen LogP contribution is 2.14. The van der Waals surface area contributed by atoms with Gasteiger partial charge in [0.05, 0.1) is 12.2 Å². The number of aliphatic imine (C=N–C) groups is 1. The third kappa shape index (κ3) is 7.63. The summed E-state index contributed by atoms with van der Waals surface area (Å²) < 4.78 is 5.70. The number of aromatic nitrogens is 1. The highest BCUT2D eigenvalue weighted by molar-refractivity contribution is 14.0. The van der Waals surface area contributed by atoms with Gasteiger partial charge in [-0.2, -0.15) is 0 Å². The van der Waals surface area contributed by atoms with Crippen molar-refractivity contribution >= 4 is 29.9 Å². The maximum atomic E-state index is 5.86. The van der Waals surface area contributed by atoms with Gasteiger partial charge in [-0.1, -0.05) is 18.2 Å². The number of hydrogen-bond donors (Lipinski definition) is 2. The molecule has 6 heteroatoms. The first kappa shape index (κ1) is 20.2. The Labute approximate surface area is 160 Å². The van der Waals surface area contributed by atoms with E-state index in [1.807, 2.05) is 63.2 Å². The maximum absolute atomic E-state index is 5.86. The molecule has 0 aliphatic heterocycles. The van der Waals surface area contributed by atoms with Gasteiger partial charge in [-0.05, 0) is 50.6 Å². The summed E-state index contributed by atoms with van der Waals surface area (Å²) in [6.45, 7) is 7.13. The molecule has 0 amide bonds. The molecule has 0 aliphatic rings. The summed E-state index contributed by atoms with van der Waals surface area (Å²) >= 11 is 0. The molecule has 0 atom stereocenters. The van der Waals surface area contributed by atoms with Gasteiger partial charge in [-0.3, -0.25) is 4.98 Å². The van der Waals surface area contributed by atoms with Crippen LogP contribution in [-0.4, -0.2) is 16.5 Å². The van der Waals surface area contributed by atoms with E-state index >= 15 is 0 Å². The van der Waals surface area contributed by atoms with E-state index in [0.29, 0.717) is 19.1 Å². The van der Waals surface area contributed by atoms with Gasteiger partial charge in [0.1, 0.15) is 12.4 Å². The van der Waals surface area contributed by atoms with Crippen LogP contribution in [0.15, 0.2) is 53.7 Å². The number of pyridine rings is 1. The molecule has 3 N–H and O–H groups in total. The van der Waals surface area contributed by atoms with E-state index in [9.17, 15) is 0 Å². The third-order valence-corrected chi connectivity index (χ3v) is 2.97. The minimum absolute atomic E-state index is 0. The largest absolute Gasteiger partial charge is 0.487 e. The minimum Gasteiger partial charge on any atom is -0.487 e. The number of nitrogens with one attached hydrogen (secondary N) is 1. The van der Waals surface area contributed by atoms with Gasteiger partial charge in [0.2, 0.25) is 0 Å². The van der Waals surface area contributed by atoms with Crippen molar-refractivity contribution in [2.45, 2.75) is 39.5 Å². The van der Waals surface area contributed by atoms with Gasteiger partial charge in [0.25, 0.3) is 0 Å². The lowest BCUT2D eigenvalue weighted by Crippen LogP contribution is -2.44. The van der Waals surface area contributed by atoms with Crippen molar-refractivity contribution in [1.29, 1.82) is 0 Å². The van der Waals surface area contributed by atoms with Gasteiger partial charge in [-0.25, -0.2) is 4.99 Å². The molecule has 0 radical (unpaired) electrons. The van der Waals surface area contributed by atoms with Gasteiger partial charge >= 0.3 is 0 Å². The van der Waals surface area contributed by atoms with Crippen molar-refractivity contribution in [2.75, 3.05) is 0 Å². The van der Waals surface area contributed by atoms with Crippen LogP contribution in [0.1, 0.15) is 32.0 Å². The first-order chi connectivity index (χ1) is 10.9. The Kier molecular flexibility index (Phi) is 7.97. The van der Waals surface area contributed by atoms with Crippen LogP contribution in [0.4, 0.5) is 0 Å². The molecule has 2 rings (SSSR count). The Hall–Kier alpha value is -1.83. The number of nitrogens with zero attached hydrogens (tertiary/aromatic N) is 2. The zero-order valence-corrected chi connectivity index (χ0v) is 16.7. The number of halogens is 1. The Balaban J connectivity index is 0.00000288. The first-order valence-electron chi connectivity index (χ1n) is 7.62. The molecule has 0 bridgehead atoms. The monoisotopic (exact) mass is 440 g/mol. The van der Waals surface area contributed by atoms with E-state index in [4.69, 9.17) is 10.5 Å². The molecule has 0 unspecified atom stereocenters. The van der Waals surface area contributed by atoms with Crippen LogP contribution >= 0.6 is 24.0 Å². The summed E-state index contributed by atoms with van der Waals surface area (Å²) in [7, 11) is 0. The second kappa shape index (κ2) is 9.46. The van der Waals surface area contributed by atoms with Gasteiger partial charge in [0.15, 0.2) is 5.96 Å². The standard InChI is InChI=1S/C18H24N4O.HI/c1-18(2,3)22-17(19)21-12-14-7-9-16(10-8-14)23-13-15-6-4-5-11-20-15;/h4-11H,12-13H2,1-3H3,(H3,19,21,22);1H. The van der Waals surface area contributed by atoms with Crippen molar-refractivity contribution < 1.29 is 4.74 Å². The van der Waals surface area contributed by atoms with E-state index < -0.39 is 0 Å². The van der Waals surface area contributed by atoms with Crippen LogP contribution < -0.4 is 15.8 Å². The summed E-state index contributed by atoms with van der Waals surface area (Å²) in [5.41, 5.74) is 7.75. The smallest absolute Gasteiger partial charge is 0.189 e. The lowest BCUT2D eigenvalue weighted by molar-refractivity contribution is 0.301. The molecule has 1 aromatic heterocycles. The highest BCUT2D eigenvalue weighted by atomic mass is 127. The molecule has 0 saturated heterocycles. The third-order valence-electron chi connectivity index (χ3n) is 2.97. The number of guanidine groups is 1. The molecule has 1 heterocycles. The van der Waals surface area contributed by atoms with E-state index in [0.717, 1.165) is 17.0 Å². The molecule has 24 heavy (non-hydrogen) atoms. The fraction of sp³-hybridized carbons (Fsp3) is 0.333. The van der Waals surface area contributed by atoms with Crippen LogP contribution in [0.2, 0.25) is 0 Å². The van der Waals surface area contributed by atoms with E-state index in [-0.39, 0.29) is 29.5 Å². The van der Waals surface area contributed by atoms with Crippen molar-refractivity contribution in [3.63, 3.8) is 0 Å². The summed E-state index contributed by atoms with van der Waals surface area (Å²) in [5.74, 6) is 1.26. The second-order valence-corrected chi connectivity index (χ2v) is 6.33. The predicted molar refractivity (Wildman–Crippen MR) is 109 cm³/mol. The summed E-state index contributed by atoms with van der Waals surface area (Å²) in [5, 5.41) is 3.14. The Bertz CT molecular complexity index is 636. The number of benzene rings is 1. The Morgan fingerprint density at radius 3 is 2.46 bits per heavy atom. The summed E-state index contributed by atoms with van der Waals surface area (Å²) in [6, 6.07) is 13.6. The fourth-order valence-corrected chi connectivity index (χ4v) is 1.93. The molecular formula is C18H25IN4O. The second-order valence-electron chi connectivity index (χ2n) is 6.33. The van der Waals surface area contributed by atoms with Crippen molar-refractivity contribution in [2.24, 2.45) is 10.7 Å². The normalized spacial score (nSPS) is 11.5. The molecule has 0 saturated carbocycles. The van der Waals surface area contributed by atoms with Crippen molar-refractivity contribution in [1.82, 2.24) is 10.3 Å². The topological polar surface area (TPSA) is 72.5 Å². The van der Waals surface area contributed by atoms with E-state index in [1.165, 1.54) is 0 Å². The van der Waals surface area contributed by atoms with Crippen LogP contribution in [0, 0.1) is 0 Å². The number of nitrogens with two attached hydrogens (primary N) is 1. The quantitative estimate of drug-likeness (QED) is 0.424. The van der Waals surface area contributed by atoms with Crippen LogP contribution in [0.3, 0.4) is 0 Å². The first-order valence-corrected chi connectivity index (χ1v) is 7.62. The molecule has 1 aromatic carbocycles. The summed E-state index contributed by atoms with van der Waals surface area (Å²) in [4.78, 5) is 8.56. The van der Waals surface area contributed by atoms with Gasteiger partial charge in [0, 0.05) is 11.7 Å². The van der Waals surface area contributed by atoms with Gasteiger partial charge < -0.3 is 15.8 Å². The van der Waals surface area contributed by atoms with E-state index in [2.05, 4.69) is 15.3 Å². The summed E-state index contributed by atoms with van der Waals surface area (Å²) in [6.07, 6.45) is 1.76. The van der Waals surface area contributed by atoms with Gasteiger partial charge in [-0.15, -0.1) is 24.0 Å². The van der Waals surface area contributed by atoms with Crippen LogP contribution in [-0.2, 0) is 13.2 Å². The fourth-order valence-electron chi connectivity index (χ4n) is 1.93. The maximum Gasteiger partial charge on any atom is 0.189 e. The van der Waals surface area contributed by atoms with Crippen molar-refractivity contribution in [3.05, 3.63) is 59.9 Å². The molecule has 130 valence electrons. The van der Waals surface area contributed by atoms with Crippen LogP contribution in [0.25, 0.3) is 0 Å². The SMILES string of the molecule is CC(C)(C)NC(N)=NCc1ccc(OCc2ccccn2)cc1.I. The van der Waals surface area contributed by atoms with E-state index in [1.54, 1.807) is 6.20 Å². The molecule has 0 aliphatic carbocycles. The van der Waals surface area contributed by atoms with Crippen molar-refractivity contribution in [3.8, 4) is 5.75 Å². The lowest BCUT2D eigenvalue weighted by atomic mass is 10.1. The zero-order chi connectivity index (χ0) is 16.7. The molecule has 0 fully saturated rings. The van der Waals surface area contributed by atoms with Crippen LogP contribution in [0.5, 0.6) is 5.75 Å². The Morgan fingerprint density at radius 2 is 1.88 bits per heavy atom. The lowest BCUT2D eigenvalue weighted by Gasteiger charge is -2.20. The molecule has 0 spiro atoms. The highest BCUT2D eigenvalue weighted by Gasteiger charge is 2.09. The molecule has 2 aromatic rings. The predicted octanol–water partition coefficient (Wildman–Crippen LogP) is 3.48. The molecule has 5 nitrogen and oxygen atoms in total. The average Bonchev–Trinajstić information content (AvgIpc) is 2.51. The number of ether oxygens (including phenoxy) is 1. The average molecular weight is 440 g/mol.